The molecule has 1 heterocycles. The summed E-state index contributed by atoms with van der Waals surface area (Å²) in [5, 5.41) is 4.69. The fraction of sp³-hybridized carbons (Fsp3) is 0.579. The maximum Gasteiger partial charge on any atom is 0.138 e. The lowest BCUT2D eigenvalue weighted by molar-refractivity contribution is 0.478. The predicted molar refractivity (Wildman–Crippen MR) is 90.8 cm³/mol. The Morgan fingerprint density at radius 1 is 1.14 bits per heavy atom. The van der Waals surface area contributed by atoms with Gasteiger partial charge in [-0.2, -0.15) is 0 Å². The van der Waals surface area contributed by atoms with Crippen LogP contribution < -0.4 is 5.32 Å². The number of nitrogens with one attached hydrogen (secondary N) is 1. The van der Waals surface area contributed by atoms with E-state index in [2.05, 4.69) is 65.1 Å². The van der Waals surface area contributed by atoms with Crippen molar-refractivity contribution >= 4 is 11.0 Å². The van der Waals surface area contributed by atoms with Gasteiger partial charge in [0.05, 0.1) is 6.54 Å². The molecule has 2 nitrogen and oxygen atoms in total. The molecule has 2 aromatic rings. The second-order valence-corrected chi connectivity index (χ2v) is 7.40. The zero-order chi connectivity index (χ0) is 15.6. The van der Waals surface area contributed by atoms with Gasteiger partial charge in [0.15, 0.2) is 0 Å². The lowest BCUT2D eigenvalue weighted by Gasteiger charge is -2.20. The molecule has 1 aromatic heterocycles. The van der Waals surface area contributed by atoms with Crippen molar-refractivity contribution in [3.05, 3.63) is 35.1 Å². The fourth-order valence-corrected chi connectivity index (χ4v) is 2.60. The standard InChI is InChI=1S/C19H29NO/c1-7-14-8-15-10-16(12-20-11-13(2)3)21-18(15)17(9-14)19(4,5)6/h8-10,13,20H,7,11-12H2,1-6H3. The minimum Gasteiger partial charge on any atom is -0.459 e. The van der Waals surface area contributed by atoms with Crippen molar-refractivity contribution in [2.24, 2.45) is 5.92 Å². The third kappa shape index (κ3) is 3.88. The van der Waals surface area contributed by atoms with Crippen LogP contribution in [-0.4, -0.2) is 6.54 Å². The number of hydrogen-bond donors (Lipinski definition) is 1. The summed E-state index contributed by atoms with van der Waals surface area (Å²) < 4.78 is 6.14. The first-order valence-electron chi connectivity index (χ1n) is 8.07. The van der Waals surface area contributed by atoms with Crippen molar-refractivity contribution in [3.8, 4) is 0 Å². The number of benzene rings is 1. The van der Waals surface area contributed by atoms with Crippen LogP contribution in [0.5, 0.6) is 0 Å². The van der Waals surface area contributed by atoms with Gasteiger partial charge < -0.3 is 9.73 Å². The predicted octanol–water partition coefficient (Wildman–Crippen LogP) is 5.04. The van der Waals surface area contributed by atoms with Crippen LogP contribution in [0.1, 0.15) is 58.4 Å². The summed E-state index contributed by atoms with van der Waals surface area (Å²) in [6.45, 7) is 15.2. The third-order valence-corrected chi connectivity index (χ3v) is 3.80. The summed E-state index contributed by atoms with van der Waals surface area (Å²) in [6, 6.07) is 6.76. The van der Waals surface area contributed by atoms with E-state index in [-0.39, 0.29) is 5.41 Å². The van der Waals surface area contributed by atoms with Crippen molar-refractivity contribution in [1.29, 1.82) is 0 Å². The van der Waals surface area contributed by atoms with Gasteiger partial charge in [0.25, 0.3) is 0 Å². The van der Waals surface area contributed by atoms with Crippen LogP contribution in [0.15, 0.2) is 22.6 Å². The minimum atomic E-state index is 0.101. The zero-order valence-electron chi connectivity index (χ0n) is 14.3. The molecule has 0 saturated carbocycles. The summed E-state index contributed by atoms with van der Waals surface area (Å²) >= 11 is 0. The lowest BCUT2D eigenvalue weighted by atomic mass is 9.85. The van der Waals surface area contributed by atoms with Gasteiger partial charge in [-0.1, -0.05) is 47.6 Å². The Morgan fingerprint density at radius 2 is 1.86 bits per heavy atom. The summed E-state index contributed by atoms with van der Waals surface area (Å²) in [7, 11) is 0. The Bertz CT molecular complexity index is 602. The molecule has 0 aliphatic heterocycles. The molecule has 0 atom stereocenters. The summed E-state index contributed by atoms with van der Waals surface area (Å²) in [5.41, 5.74) is 3.85. The maximum atomic E-state index is 6.14. The average Bonchev–Trinajstić information content (AvgIpc) is 2.78. The van der Waals surface area contributed by atoms with Crippen LogP contribution in [-0.2, 0) is 18.4 Å². The van der Waals surface area contributed by atoms with Gasteiger partial charge >= 0.3 is 0 Å². The van der Waals surface area contributed by atoms with Crippen molar-refractivity contribution < 1.29 is 4.42 Å². The highest BCUT2D eigenvalue weighted by Crippen LogP contribution is 2.33. The summed E-state index contributed by atoms with van der Waals surface area (Å²) in [4.78, 5) is 0. The minimum absolute atomic E-state index is 0.101. The molecule has 2 rings (SSSR count). The molecule has 0 spiro atoms. The second-order valence-electron chi connectivity index (χ2n) is 7.40. The van der Waals surface area contributed by atoms with Crippen LogP contribution in [0, 0.1) is 5.92 Å². The van der Waals surface area contributed by atoms with E-state index in [1.165, 1.54) is 16.5 Å². The first-order chi connectivity index (χ1) is 9.81. The highest BCUT2D eigenvalue weighted by atomic mass is 16.3. The summed E-state index contributed by atoms with van der Waals surface area (Å²) in [5.74, 6) is 1.69. The second kappa shape index (κ2) is 6.23. The quantitative estimate of drug-likeness (QED) is 0.833. The Morgan fingerprint density at radius 3 is 2.43 bits per heavy atom. The molecule has 21 heavy (non-hydrogen) atoms. The Labute approximate surface area is 128 Å². The number of rotatable bonds is 5. The molecule has 0 aliphatic rings. The molecule has 2 heteroatoms. The molecule has 0 unspecified atom stereocenters. The number of aryl methyl sites for hydroxylation is 1. The molecular formula is C19H29NO. The van der Waals surface area contributed by atoms with Crippen LogP contribution in [0.3, 0.4) is 0 Å². The molecule has 0 bridgehead atoms. The van der Waals surface area contributed by atoms with Crippen LogP contribution in [0.2, 0.25) is 0 Å². The van der Waals surface area contributed by atoms with Gasteiger partial charge in [-0.15, -0.1) is 0 Å². The molecule has 0 saturated heterocycles. The highest BCUT2D eigenvalue weighted by Gasteiger charge is 2.20. The van der Waals surface area contributed by atoms with Crippen LogP contribution in [0.4, 0.5) is 0 Å². The van der Waals surface area contributed by atoms with Crippen LogP contribution >= 0.6 is 0 Å². The van der Waals surface area contributed by atoms with E-state index in [1.54, 1.807) is 0 Å². The zero-order valence-corrected chi connectivity index (χ0v) is 14.3. The van der Waals surface area contributed by atoms with E-state index in [0.29, 0.717) is 5.92 Å². The number of hydrogen-bond acceptors (Lipinski definition) is 2. The van der Waals surface area contributed by atoms with Gasteiger partial charge in [-0.05, 0) is 42.0 Å². The van der Waals surface area contributed by atoms with Gasteiger partial charge in [0.2, 0.25) is 0 Å². The Kier molecular flexibility index (Phi) is 4.77. The largest absolute Gasteiger partial charge is 0.459 e. The smallest absolute Gasteiger partial charge is 0.138 e. The number of fused-ring (bicyclic) bond motifs is 1. The van der Waals surface area contributed by atoms with E-state index < -0.39 is 0 Å². The molecule has 1 N–H and O–H groups in total. The molecule has 0 fully saturated rings. The van der Waals surface area contributed by atoms with Crippen molar-refractivity contribution in [2.75, 3.05) is 6.54 Å². The SMILES string of the molecule is CCc1cc(C(C)(C)C)c2oc(CNCC(C)C)cc2c1. The van der Waals surface area contributed by atoms with E-state index in [1.807, 2.05) is 0 Å². The average molecular weight is 287 g/mol. The molecular weight excluding hydrogens is 258 g/mol. The number of furan rings is 1. The monoisotopic (exact) mass is 287 g/mol. The van der Waals surface area contributed by atoms with Crippen molar-refractivity contribution in [2.45, 2.75) is 59.9 Å². The normalized spacial score (nSPS) is 12.5. The Hall–Kier alpha value is -1.28. The molecule has 0 radical (unpaired) electrons. The first-order valence-corrected chi connectivity index (χ1v) is 8.07. The summed E-state index contributed by atoms with van der Waals surface area (Å²) in [6.07, 6.45) is 1.06. The Balaban J connectivity index is 2.36. The fourth-order valence-electron chi connectivity index (χ4n) is 2.60. The molecule has 0 amide bonds. The van der Waals surface area contributed by atoms with Crippen LogP contribution in [0.25, 0.3) is 11.0 Å². The van der Waals surface area contributed by atoms with E-state index >= 15 is 0 Å². The van der Waals surface area contributed by atoms with Gasteiger partial charge in [-0.3, -0.25) is 0 Å². The highest BCUT2D eigenvalue weighted by molar-refractivity contribution is 5.83. The van der Waals surface area contributed by atoms with Crippen molar-refractivity contribution in [1.82, 2.24) is 5.32 Å². The molecule has 1 aromatic carbocycles. The van der Waals surface area contributed by atoms with Gasteiger partial charge in [-0.25, -0.2) is 0 Å². The third-order valence-electron chi connectivity index (χ3n) is 3.80. The van der Waals surface area contributed by atoms with E-state index in [9.17, 15) is 0 Å². The molecule has 116 valence electrons. The maximum absolute atomic E-state index is 6.14. The topological polar surface area (TPSA) is 25.2 Å². The van der Waals surface area contributed by atoms with Crippen molar-refractivity contribution in [3.63, 3.8) is 0 Å². The first kappa shape index (κ1) is 16.1. The lowest BCUT2D eigenvalue weighted by Crippen LogP contribution is -2.18. The van der Waals surface area contributed by atoms with Gasteiger partial charge in [0, 0.05) is 10.9 Å². The van der Waals surface area contributed by atoms with Gasteiger partial charge in [0.1, 0.15) is 11.3 Å². The van der Waals surface area contributed by atoms with E-state index in [0.717, 1.165) is 30.9 Å². The molecule has 0 aliphatic carbocycles. The van der Waals surface area contributed by atoms with E-state index in [4.69, 9.17) is 4.42 Å².